The summed E-state index contributed by atoms with van der Waals surface area (Å²) in [6.07, 6.45) is 1.75. The first kappa shape index (κ1) is 11.3. The molecular formula is C12H10ClNOS. The first-order valence-corrected chi connectivity index (χ1v) is 6.17. The fourth-order valence-corrected chi connectivity index (χ4v) is 2.17. The van der Waals surface area contributed by atoms with E-state index >= 15 is 0 Å². The van der Waals surface area contributed by atoms with Gasteiger partial charge in [-0.1, -0.05) is 11.6 Å². The number of carbonyl (C=O) groups is 1. The Morgan fingerprint density at radius 3 is 2.62 bits per heavy atom. The zero-order valence-corrected chi connectivity index (χ0v) is 10.0. The number of aromatic nitrogens is 1. The lowest BCUT2D eigenvalue weighted by atomic mass is 10.3. The number of ketones is 1. The number of hydrogen-bond acceptors (Lipinski definition) is 2. The van der Waals surface area contributed by atoms with E-state index in [-0.39, 0.29) is 5.78 Å². The van der Waals surface area contributed by atoms with Crippen molar-refractivity contribution in [2.45, 2.75) is 4.90 Å². The van der Waals surface area contributed by atoms with Crippen LogP contribution >= 0.6 is 23.4 Å². The zero-order valence-electron chi connectivity index (χ0n) is 8.44. The third kappa shape index (κ3) is 2.90. The molecular weight excluding hydrogens is 242 g/mol. The Balaban J connectivity index is 1.93. The quantitative estimate of drug-likeness (QED) is 0.665. The van der Waals surface area contributed by atoms with Crippen LogP contribution in [0.2, 0.25) is 5.02 Å². The molecule has 0 amide bonds. The summed E-state index contributed by atoms with van der Waals surface area (Å²) in [4.78, 5) is 15.6. The van der Waals surface area contributed by atoms with Gasteiger partial charge in [0.2, 0.25) is 0 Å². The first-order valence-electron chi connectivity index (χ1n) is 4.80. The van der Waals surface area contributed by atoms with E-state index in [1.807, 2.05) is 30.3 Å². The van der Waals surface area contributed by atoms with Crippen molar-refractivity contribution in [2.24, 2.45) is 0 Å². The van der Waals surface area contributed by atoms with E-state index in [0.29, 0.717) is 16.5 Å². The molecule has 0 bridgehead atoms. The van der Waals surface area contributed by atoms with Crippen LogP contribution in [0.3, 0.4) is 0 Å². The van der Waals surface area contributed by atoms with Gasteiger partial charge < -0.3 is 4.98 Å². The molecule has 0 saturated heterocycles. The molecule has 0 aliphatic heterocycles. The van der Waals surface area contributed by atoms with Crippen molar-refractivity contribution >= 4 is 29.1 Å². The van der Waals surface area contributed by atoms with Gasteiger partial charge in [-0.2, -0.15) is 0 Å². The van der Waals surface area contributed by atoms with Crippen LogP contribution < -0.4 is 0 Å². The van der Waals surface area contributed by atoms with E-state index in [9.17, 15) is 4.79 Å². The number of hydrogen-bond donors (Lipinski definition) is 1. The van der Waals surface area contributed by atoms with Crippen LogP contribution in [0.1, 0.15) is 10.5 Å². The van der Waals surface area contributed by atoms with E-state index in [2.05, 4.69) is 4.98 Å². The third-order valence-electron chi connectivity index (χ3n) is 2.08. The van der Waals surface area contributed by atoms with E-state index < -0.39 is 0 Å². The maximum atomic E-state index is 11.7. The fourth-order valence-electron chi connectivity index (χ4n) is 1.26. The zero-order chi connectivity index (χ0) is 11.4. The minimum Gasteiger partial charge on any atom is -0.359 e. The third-order valence-corrected chi connectivity index (χ3v) is 3.35. The van der Waals surface area contributed by atoms with Gasteiger partial charge >= 0.3 is 0 Å². The number of halogens is 1. The van der Waals surface area contributed by atoms with Crippen LogP contribution in [0, 0.1) is 0 Å². The second-order valence-corrected chi connectivity index (χ2v) is 4.73. The summed E-state index contributed by atoms with van der Waals surface area (Å²) in [5.41, 5.74) is 0.654. The molecule has 82 valence electrons. The Bertz CT molecular complexity index is 464. The second-order valence-electron chi connectivity index (χ2n) is 3.25. The molecule has 0 unspecified atom stereocenters. The largest absolute Gasteiger partial charge is 0.359 e. The molecule has 1 N–H and O–H groups in total. The highest BCUT2D eigenvalue weighted by Crippen LogP contribution is 2.21. The minimum absolute atomic E-state index is 0.102. The molecule has 0 aliphatic carbocycles. The summed E-state index contributed by atoms with van der Waals surface area (Å²) in [5, 5.41) is 0.708. The molecule has 1 aromatic carbocycles. The Kier molecular flexibility index (Phi) is 3.70. The van der Waals surface area contributed by atoms with Gasteiger partial charge in [-0.15, -0.1) is 11.8 Å². The van der Waals surface area contributed by atoms with Crippen molar-refractivity contribution in [3.05, 3.63) is 53.3 Å². The molecule has 1 heterocycles. The van der Waals surface area contributed by atoms with Crippen molar-refractivity contribution < 1.29 is 4.79 Å². The molecule has 2 rings (SSSR count). The molecule has 0 spiro atoms. The average Bonchev–Trinajstić information content (AvgIpc) is 2.81. The summed E-state index contributed by atoms with van der Waals surface area (Å²) in [6, 6.07) is 11.1. The summed E-state index contributed by atoms with van der Waals surface area (Å²) in [6.45, 7) is 0. The summed E-state index contributed by atoms with van der Waals surface area (Å²) in [7, 11) is 0. The number of aromatic amines is 1. The van der Waals surface area contributed by atoms with Gasteiger partial charge in [-0.3, -0.25) is 4.79 Å². The molecule has 0 radical (unpaired) electrons. The van der Waals surface area contributed by atoms with Crippen molar-refractivity contribution in [1.82, 2.24) is 4.98 Å². The number of benzene rings is 1. The van der Waals surface area contributed by atoms with E-state index in [1.165, 1.54) is 11.8 Å². The fraction of sp³-hybridized carbons (Fsp3) is 0.0833. The van der Waals surface area contributed by atoms with Gasteiger partial charge in [0.1, 0.15) is 0 Å². The molecule has 1 aromatic heterocycles. The summed E-state index contributed by atoms with van der Waals surface area (Å²) >= 11 is 7.28. The summed E-state index contributed by atoms with van der Waals surface area (Å²) < 4.78 is 0. The minimum atomic E-state index is 0.102. The molecule has 0 aliphatic rings. The Labute approximate surface area is 103 Å². The van der Waals surface area contributed by atoms with Crippen molar-refractivity contribution in [1.29, 1.82) is 0 Å². The van der Waals surface area contributed by atoms with Gasteiger partial charge in [0.15, 0.2) is 5.78 Å². The Morgan fingerprint density at radius 1 is 1.25 bits per heavy atom. The van der Waals surface area contributed by atoms with Crippen LogP contribution in [0.25, 0.3) is 0 Å². The highest BCUT2D eigenvalue weighted by Gasteiger charge is 2.06. The van der Waals surface area contributed by atoms with Gasteiger partial charge in [0.05, 0.1) is 11.4 Å². The van der Waals surface area contributed by atoms with E-state index in [4.69, 9.17) is 11.6 Å². The summed E-state index contributed by atoms with van der Waals surface area (Å²) in [5.74, 6) is 0.534. The standard InChI is InChI=1S/C12H10ClNOS/c13-9-3-5-10(6-4-9)16-8-12(15)11-2-1-7-14-11/h1-7,14H,8H2. The average molecular weight is 252 g/mol. The topological polar surface area (TPSA) is 32.9 Å². The van der Waals surface area contributed by atoms with Crippen LogP contribution in [0.4, 0.5) is 0 Å². The number of H-pyrrole nitrogens is 1. The Hall–Kier alpha value is -1.19. The molecule has 0 fully saturated rings. The molecule has 4 heteroatoms. The number of rotatable bonds is 4. The molecule has 0 atom stereocenters. The SMILES string of the molecule is O=C(CSc1ccc(Cl)cc1)c1ccc[nH]1. The lowest BCUT2D eigenvalue weighted by Gasteiger charge is -2.00. The highest BCUT2D eigenvalue weighted by atomic mass is 35.5. The van der Waals surface area contributed by atoms with Crippen LogP contribution in [-0.4, -0.2) is 16.5 Å². The van der Waals surface area contributed by atoms with Gasteiger partial charge in [-0.05, 0) is 36.4 Å². The van der Waals surface area contributed by atoms with Crippen molar-refractivity contribution in [3.8, 4) is 0 Å². The maximum Gasteiger partial charge on any atom is 0.189 e. The van der Waals surface area contributed by atoms with E-state index in [0.717, 1.165) is 4.90 Å². The van der Waals surface area contributed by atoms with Crippen LogP contribution in [0.15, 0.2) is 47.5 Å². The number of nitrogens with one attached hydrogen (secondary N) is 1. The number of thioether (sulfide) groups is 1. The first-order chi connectivity index (χ1) is 7.75. The van der Waals surface area contributed by atoms with Crippen molar-refractivity contribution in [2.75, 3.05) is 5.75 Å². The molecule has 2 aromatic rings. The number of Topliss-reactive ketones (excluding diaryl/α,β-unsaturated/α-hetero) is 1. The normalized spacial score (nSPS) is 10.3. The smallest absolute Gasteiger partial charge is 0.189 e. The van der Waals surface area contributed by atoms with Gasteiger partial charge in [0.25, 0.3) is 0 Å². The predicted octanol–water partition coefficient (Wildman–Crippen LogP) is 3.64. The predicted molar refractivity (Wildman–Crippen MR) is 67.3 cm³/mol. The van der Waals surface area contributed by atoms with Crippen LogP contribution in [-0.2, 0) is 0 Å². The Morgan fingerprint density at radius 2 is 2.00 bits per heavy atom. The van der Waals surface area contributed by atoms with Crippen molar-refractivity contribution in [3.63, 3.8) is 0 Å². The molecule has 0 saturated carbocycles. The second kappa shape index (κ2) is 5.23. The van der Waals surface area contributed by atoms with Gasteiger partial charge in [0, 0.05) is 16.1 Å². The van der Waals surface area contributed by atoms with Gasteiger partial charge in [-0.25, -0.2) is 0 Å². The molecule has 2 nitrogen and oxygen atoms in total. The number of carbonyl (C=O) groups excluding carboxylic acids is 1. The van der Waals surface area contributed by atoms with Crippen LogP contribution in [0.5, 0.6) is 0 Å². The molecule has 16 heavy (non-hydrogen) atoms. The monoisotopic (exact) mass is 251 g/mol. The lowest BCUT2D eigenvalue weighted by Crippen LogP contribution is -2.02. The highest BCUT2D eigenvalue weighted by molar-refractivity contribution is 8.00. The van der Waals surface area contributed by atoms with E-state index in [1.54, 1.807) is 12.3 Å². The lowest BCUT2D eigenvalue weighted by molar-refractivity contribution is 0.101. The maximum absolute atomic E-state index is 11.7.